The number of amides is 21. The predicted octanol–water partition coefficient (Wildman–Crippen LogP) is -20.2. The number of primary amides is 3. The van der Waals surface area contributed by atoms with E-state index < -0.39 is 318 Å². The van der Waals surface area contributed by atoms with Crippen LogP contribution in [0.25, 0.3) is 10.9 Å². The summed E-state index contributed by atoms with van der Waals surface area (Å²) in [7, 11) is 0. The molecule has 1 saturated heterocycles. The standard InChI is InChI=1S/C69H106N26O30/c1-29(83-56(112)33(70)23-96)55(111)78-18-50(107)85-42(26-99)63(119)89-36(13-31-17-77-34-8-4-3-7-32(31)34)60(116)90-38(15-47(72)104)62(118)92-40(24-97)57(113)79-19-51(108)86-43(27-100)64(120)93-41(25-98)58(114)82-22-53(110)95-12-6-10-45(95)66(122)80-20-52(109)87-44(28-101)65(121)94-54(30(2)102)67(123)81-21-49(106)84-37(14-46(71)103)61(117)88-35(9-5-11-76-69(74)75)59(115)91-39(68(124)125)16-48(73)105/h3-4,7-8,17,29-30,33,35-45,54,77,96-102H,5-6,9-16,18-28,70H2,1-2H3,(H2,71,103)(H2,72,104)(H2,73,105)(H,78,111)(H,79,113)(H,80,122)(H,81,123)(H,82,114)(H,83,112)(H,84,106)(H,85,107)(H,86,108)(H,87,109)(H,88,117)(H,89,119)(H,90,116)(H,91,115)(H,92,118)(H,93,120)(H,94,121)(H,124,125)(H4,74,75,76)/t29-,30+,33-,35-,36-,37-,38-,39-,40-,41-,42-,43-,44-,45-,54-/m0/s1. The molecule has 0 bridgehead atoms. The van der Waals surface area contributed by atoms with Gasteiger partial charge < -0.3 is 175 Å². The maximum Gasteiger partial charge on any atom is 0.326 e. The minimum absolute atomic E-state index is 0.00739. The van der Waals surface area contributed by atoms with E-state index in [0.717, 1.165) is 11.8 Å². The summed E-state index contributed by atoms with van der Waals surface area (Å²) in [5.74, 6) is -26.7. The van der Waals surface area contributed by atoms with Gasteiger partial charge in [0.25, 0.3) is 0 Å². The SMILES string of the molecule is C[C@H](NC(=O)[C@@H](N)CO)C(=O)NCC(=O)N[C@@H](CO)C(=O)N[C@@H](Cc1c[nH]c2ccccc12)C(=O)N[C@@H](CC(N)=O)C(=O)N[C@@H](CO)C(=O)NCC(=O)N[C@@H](CO)C(=O)N[C@@H](CO)C(=O)NCC(=O)N1CCC[C@H]1C(=O)NCC(=O)N[C@@H](CO)C(=O)N[C@H](C(=O)NCC(=O)N[C@@H](CC(N)=O)C(=O)N[C@@H](CCCNC(=N)N)C(=O)N[C@@H](CC(N)=O)C(=O)O)[C@@H](C)O. The number of benzene rings is 1. The normalized spacial score (nSPS) is 15.5. The molecule has 0 radical (unpaired) electrons. The number of nitrogens with one attached hydrogen (secondary N) is 20. The Morgan fingerprint density at radius 1 is 0.448 bits per heavy atom. The average Bonchev–Trinajstić information content (AvgIpc) is 1.69. The van der Waals surface area contributed by atoms with Crippen molar-refractivity contribution in [1.82, 2.24) is 106 Å². The number of carbonyl (C=O) groups excluding carboxylic acids is 21. The number of nitrogens with zero attached hydrogens (tertiary/aromatic N) is 1. The Hall–Kier alpha value is -13.9. The highest BCUT2D eigenvalue weighted by Crippen LogP contribution is 2.21. The average molecular weight is 1780 g/mol. The first-order valence-corrected chi connectivity index (χ1v) is 38.0. The van der Waals surface area contributed by atoms with Crippen molar-refractivity contribution in [3.05, 3.63) is 36.0 Å². The van der Waals surface area contributed by atoms with Crippen LogP contribution in [0.15, 0.2) is 30.5 Å². The van der Waals surface area contributed by atoms with Crippen LogP contribution in [0.4, 0.5) is 0 Å². The van der Waals surface area contributed by atoms with Gasteiger partial charge in [0, 0.05) is 36.6 Å². The number of aromatic nitrogens is 1. The highest BCUT2D eigenvalue weighted by Gasteiger charge is 2.39. The van der Waals surface area contributed by atoms with Crippen molar-refractivity contribution in [3.63, 3.8) is 0 Å². The summed E-state index contributed by atoms with van der Waals surface area (Å²) in [5.41, 5.74) is 27.4. The van der Waals surface area contributed by atoms with E-state index >= 15 is 0 Å². The van der Waals surface area contributed by atoms with Crippen LogP contribution in [0.1, 0.15) is 64.4 Å². The summed E-state index contributed by atoms with van der Waals surface area (Å²) >= 11 is 0. The Labute approximate surface area is 708 Å². The molecular formula is C69H106N26O30. The Kier molecular flexibility index (Phi) is 44.7. The summed E-state index contributed by atoms with van der Waals surface area (Å²) in [6, 6.07) is -17.9. The van der Waals surface area contributed by atoms with Crippen molar-refractivity contribution in [2.75, 3.05) is 85.5 Å². The second-order valence-corrected chi connectivity index (χ2v) is 27.7. The van der Waals surface area contributed by atoms with Crippen LogP contribution >= 0.6 is 0 Å². The number of nitrogens with two attached hydrogens (primary N) is 5. The van der Waals surface area contributed by atoms with Crippen molar-refractivity contribution in [3.8, 4) is 0 Å². The summed E-state index contributed by atoms with van der Waals surface area (Å²) in [5, 5.41) is 126. The number of aliphatic hydroxyl groups is 7. The third-order valence-electron chi connectivity index (χ3n) is 17.9. The monoisotopic (exact) mass is 1780 g/mol. The van der Waals surface area contributed by atoms with Gasteiger partial charge in [-0.15, -0.1) is 0 Å². The number of carboxylic acid groups (broad SMARTS) is 1. The summed E-state index contributed by atoms with van der Waals surface area (Å²) in [6.45, 7) is -9.28. The molecule has 15 atom stereocenters. The van der Waals surface area contributed by atoms with Crippen LogP contribution in [0.5, 0.6) is 0 Å². The number of rotatable bonds is 55. The topological polar surface area (TPSA) is 927 Å². The second kappa shape index (κ2) is 53.1. The Morgan fingerprint density at radius 3 is 1.32 bits per heavy atom. The highest BCUT2D eigenvalue weighted by atomic mass is 16.4. The van der Waals surface area contributed by atoms with Gasteiger partial charge in [0.2, 0.25) is 124 Å². The van der Waals surface area contributed by atoms with E-state index in [1.54, 1.807) is 24.3 Å². The van der Waals surface area contributed by atoms with Crippen LogP contribution in [0.3, 0.4) is 0 Å². The first kappa shape index (κ1) is 105. The van der Waals surface area contributed by atoms with Crippen LogP contribution in [-0.2, 0) is 112 Å². The smallest absolute Gasteiger partial charge is 0.326 e. The minimum Gasteiger partial charge on any atom is -0.480 e. The molecule has 38 N–H and O–H groups in total. The number of hydrogen-bond donors (Lipinski definition) is 33. The number of aliphatic hydroxyl groups excluding tert-OH is 7. The predicted molar refractivity (Wildman–Crippen MR) is 421 cm³/mol. The van der Waals surface area contributed by atoms with Gasteiger partial charge in [0.05, 0.1) is 97.7 Å². The second-order valence-electron chi connectivity index (χ2n) is 27.7. The van der Waals surface area contributed by atoms with Gasteiger partial charge in [-0.3, -0.25) is 106 Å². The van der Waals surface area contributed by atoms with Gasteiger partial charge in [-0.2, -0.15) is 0 Å². The fourth-order valence-electron chi connectivity index (χ4n) is 11.4. The first-order valence-electron chi connectivity index (χ1n) is 38.0. The van der Waals surface area contributed by atoms with E-state index in [2.05, 4.69) is 74.1 Å². The van der Waals surface area contributed by atoms with E-state index in [1.807, 2.05) is 26.6 Å². The van der Waals surface area contributed by atoms with Crippen molar-refractivity contribution in [2.24, 2.45) is 28.7 Å². The first-order chi connectivity index (χ1) is 58.9. The molecule has 21 amide bonds. The van der Waals surface area contributed by atoms with Crippen molar-refractivity contribution in [1.29, 1.82) is 5.41 Å². The number of H-pyrrole nitrogens is 1. The molecule has 1 aliphatic rings. The van der Waals surface area contributed by atoms with Crippen LogP contribution < -0.4 is 124 Å². The lowest BCUT2D eigenvalue weighted by atomic mass is 10.0. The molecule has 2 aromatic rings. The van der Waals surface area contributed by atoms with Gasteiger partial charge in [0.1, 0.15) is 84.6 Å². The fraction of sp³-hybridized carbons (Fsp3) is 0.551. The molecular weight excluding hydrogens is 1670 g/mol. The molecule has 1 aromatic heterocycles. The molecule has 0 saturated carbocycles. The Bertz CT molecular complexity index is 4250. The van der Waals surface area contributed by atoms with E-state index in [0.29, 0.717) is 16.5 Å². The number of carboxylic acids is 1. The molecule has 3 rings (SSSR count). The van der Waals surface area contributed by atoms with Gasteiger partial charge in [-0.1, -0.05) is 18.2 Å². The van der Waals surface area contributed by atoms with Crippen LogP contribution in [-0.4, -0.2) is 363 Å². The quantitative estimate of drug-likeness (QED) is 0.0166. The van der Waals surface area contributed by atoms with Crippen molar-refractivity contribution < 1.29 is 146 Å². The zero-order chi connectivity index (χ0) is 94.1. The number of para-hydroxylation sites is 1. The third-order valence-corrected chi connectivity index (χ3v) is 17.9. The number of aromatic amines is 1. The maximum absolute atomic E-state index is 14.2. The molecule has 56 heteroatoms. The summed E-state index contributed by atoms with van der Waals surface area (Å²) < 4.78 is 0. The van der Waals surface area contributed by atoms with Gasteiger partial charge >= 0.3 is 5.97 Å². The van der Waals surface area contributed by atoms with E-state index in [1.165, 1.54) is 13.1 Å². The number of likely N-dealkylation sites (tertiary alicyclic amines) is 1. The Balaban J connectivity index is 1.57. The number of guanidine groups is 1. The van der Waals surface area contributed by atoms with Crippen LogP contribution in [0, 0.1) is 5.41 Å². The number of aliphatic carboxylic acids is 1. The Morgan fingerprint density at radius 2 is 0.840 bits per heavy atom. The van der Waals surface area contributed by atoms with E-state index in [4.69, 9.17) is 39.2 Å². The van der Waals surface area contributed by atoms with Gasteiger partial charge in [-0.25, -0.2) is 4.79 Å². The van der Waals surface area contributed by atoms with Crippen molar-refractivity contribution in [2.45, 2.75) is 156 Å². The molecule has 56 nitrogen and oxygen atoms in total. The lowest BCUT2D eigenvalue weighted by Crippen LogP contribution is -2.60. The van der Waals surface area contributed by atoms with E-state index in [9.17, 15) is 141 Å². The molecule has 0 aliphatic carbocycles. The molecule has 2 heterocycles. The fourth-order valence-corrected chi connectivity index (χ4v) is 11.4. The molecule has 125 heavy (non-hydrogen) atoms. The third kappa shape index (κ3) is 36.3. The molecule has 1 fully saturated rings. The minimum atomic E-state index is -1.99. The number of fused-ring (bicyclic) bond motifs is 1. The summed E-state index contributed by atoms with van der Waals surface area (Å²) in [6.07, 6.45) is -3.62. The van der Waals surface area contributed by atoms with Gasteiger partial charge in [0.15, 0.2) is 5.96 Å². The lowest BCUT2D eigenvalue weighted by Gasteiger charge is -2.26. The molecule has 1 aliphatic heterocycles. The number of carbonyl (C=O) groups is 22. The summed E-state index contributed by atoms with van der Waals surface area (Å²) in [4.78, 5) is 289. The molecule has 0 spiro atoms. The van der Waals surface area contributed by atoms with Crippen LogP contribution in [0.2, 0.25) is 0 Å². The molecule has 1 aromatic carbocycles. The molecule has 692 valence electrons. The highest BCUT2D eigenvalue weighted by molar-refractivity contribution is 6.02. The lowest BCUT2D eigenvalue weighted by molar-refractivity contribution is -0.144. The van der Waals surface area contributed by atoms with E-state index in [-0.39, 0.29) is 45.2 Å². The zero-order valence-electron chi connectivity index (χ0n) is 67.3. The molecule has 0 unspecified atom stereocenters. The zero-order valence-corrected chi connectivity index (χ0v) is 67.3. The number of hydrogen-bond acceptors (Lipinski definition) is 31. The maximum atomic E-state index is 14.2. The van der Waals surface area contributed by atoms with Crippen molar-refractivity contribution >= 4 is 147 Å². The van der Waals surface area contributed by atoms with Gasteiger partial charge in [-0.05, 0) is 51.2 Å². The largest absolute Gasteiger partial charge is 0.480 e.